The maximum Gasteiger partial charge on any atom is 0.316 e. The normalized spacial score (nSPS) is 16.6. The van der Waals surface area contributed by atoms with Crippen molar-refractivity contribution in [2.24, 2.45) is 0 Å². The summed E-state index contributed by atoms with van der Waals surface area (Å²) in [6, 6.07) is 10.3. The van der Waals surface area contributed by atoms with Gasteiger partial charge in [0.05, 0.1) is 12.5 Å². The summed E-state index contributed by atoms with van der Waals surface area (Å²) in [4.78, 5) is 49.4. The molecule has 0 saturated heterocycles. The smallest absolute Gasteiger partial charge is 0.316 e. The summed E-state index contributed by atoms with van der Waals surface area (Å²) in [5.41, 5.74) is 4.70. The highest BCUT2D eigenvalue weighted by Gasteiger charge is 2.32. The second-order valence-electron chi connectivity index (χ2n) is 7.76. The first-order valence-electron chi connectivity index (χ1n) is 10.1. The zero-order valence-corrected chi connectivity index (χ0v) is 18.1. The minimum absolute atomic E-state index is 0.365. The Morgan fingerprint density at radius 2 is 1.75 bits per heavy atom. The van der Waals surface area contributed by atoms with Crippen molar-refractivity contribution in [2.45, 2.75) is 32.4 Å². The SMILES string of the molecule is Cc1cccc(C)c1-c1cccc(C(CC(=O)O)NC(=O)NC2C(=O)C=CN(C)C2=O)c1. The Labute approximate surface area is 185 Å². The van der Waals surface area contributed by atoms with Gasteiger partial charge in [-0.05, 0) is 47.7 Å². The third-order valence-corrected chi connectivity index (χ3v) is 5.36. The molecule has 166 valence electrons. The number of carbonyl (C=O) groups excluding carboxylic acids is 3. The summed E-state index contributed by atoms with van der Waals surface area (Å²) in [5, 5.41) is 14.3. The van der Waals surface area contributed by atoms with Gasteiger partial charge in [0, 0.05) is 19.3 Å². The molecule has 2 atom stereocenters. The predicted octanol–water partition coefficient (Wildman–Crippen LogP) is 2.71. The fraction of sp³-hybridized carbons (Fsp3) is 0.250. The molecule has 8 nitrogen and oxygen atoms in total. The summed E-state index contributed by atoms with van der Waals surface area (Å²) in [6.45, 7) is 4.00. The summed E-state index contributed by atoms with van der Waals surface area (Å²) in [6.07, 6.45) is 2.16. The number of likely N-dealkylation sites (N-methyl/N-ethyl adjacent to an activating group) is 1. The Balaban J connectivity index is 1.85. The van der Waals surface area contributed by atoms with Gasteiger partial charge in [0.25, 0.3) is 5.91 Å². The van der Waals surface area contributed by atoms with Crippen molar-refractivity contribution < 1.29 is 24.3 Å². The van der Waals surface area contributed by atoms with Crippen LogP contribution in [0.1, 0.15) is 29.2 Å². The van der Waals surface area contributed by atoms with Gasteiger partial charge in [-0.3, -0.25) is 14.4 Å². The van der Waals surface area contributed by atoms with Crippen LogP contribution in [-0.4, -0.2) is 46.8 Å². The maximum absolute atomic E-state index is 12.6. The molecule has 1 heterocycles. The van der Waals surface area contributed by atoms with Gasteiger partial charge in [-0.15, -0.1) is 0 Å². The fourth-order valence-corrected chi connectivity index (χ4v) is 3.75. The third kappa shape index (κ3) is 5.03. The average Bonchev–Trinajstić information content (AvgIpc) is 2.73. The number of carboxylic acids is 1. The first kappa shape index (κ1) is 22.7. The molecule has 0 radical (unpaired) electrons. The first-order chi connectivity index (χ1) is 15.2. The molecule has 3 rings (SSSR count). The number of urea groups is 1. The lowest BCUT2D eigenvalue weighted by atomic mass is 9.93. The van der Waals surface area contributed by atoms with Crippen LogP contribution in [0.5, 0.6) is 0 Å². The van der Waals surface area contributed by atoms with E-state index >= 15 is 0 Å². The topological polar surface area (TPSA) is 116 Å². The van der Waals surface area contributed by atoms with E-state index in [0.717, 1.165) is 22.3 Å². The van der Waals surface area contributed by atoms with Gasteiger partial charge in [0.1, 0.15) is 0 Å². The van der Waals surface area contributed by atoms with Crippen LogP contribution in [0.15, 0.2) is 54.7 Å². The number of rotatable bonds is 6. The zero-order chi connectivity index (χ0) is 23.4. The van der Waals surface area contributed by atoms with E-state index in [2.05, 4.69) is 10.6 Å². The van der Waals surface area contributed by atoms with Gasteiger partial charge in [0.15, 0.2) is 11.8 Å². The van der Waals surface area contributed by atoms with Gasteiger partial charge < -0.3 is 20.6 Å². The van der Waals surface area contributed by atoms with Gasteiger partial charge in [0.2, 0.25) is 0 Å². The van der Waals surface area contributed by atoms with Crippen molar-refractivity contribution in [1.82, 2.24) is 15.5 Å². The monoisotopic (exact) mass is 435 g/mol. The van der Waals surface area contributed by atoms with Gasteiger partial charge in [-0.1, -0.05) is 36.4 Å². The van der Waals surface area contributed by atoms with Crippen molar-refractivity contribution in [2.75, 3.05) is 7.05 Å². The molecule has 0 bridgehead atoms. The number of hydrogen-bond acceptors (Lipinski definition) is 4. The van der Waals surface area contributed by atoms with E-state index < -0.39 is 35.8 Å². The molecular weight excluding hydrogens is 410 g/mol. The van der Waals surface area contributed by atoms with E-state index in [1.165, 1.54) is 24.2 Å². The Morgan fingerprint density at radius 1 is 1.09 bits per heavy atom. The molecule has 3 amide bonds. The lowest BCUT2D eigenvalue weighted by Crippen LogP contribution is -2.55. The molecule has 1 aliphatic heterocycles. The molecule has 8 heteroatoms. The van der Waals surface area contributed by atoms with Crippen LogP contribution in [0.25, 0.3) is 11.1 Å². The highest BCUT2D eigenvalue weighted by molar-refractivity contribution is 6.14. The third-order valence-electron chi connectivity index (χ3n) is 5.36. The summed E-state index contributed by atoms with van der Waals surface area (Å²) < 4.78 is 0. The second-order valence-corrected chi connectivity index (χ2v) is 7.76. The minimum atomic E-state index is -1.35. The highest BCUT2D eigenvalue weighted by Crippen LogP contribution is 2.30. The van der Waals surface area contributed by atoms with Crippen LogP contribution in [0, 0.1) is 13.8 Å². The number of nitrogens with zero attached hydrogens (tertiary/aromatic N) is 1. The van der Waals surface area contributed by atoms with Crippen LogP contribution in [0.2, 0.25) is 0 Å². The Morgan fingerprint density at radius 3 is 2.41 bits per heavy atom. The Kier molecular flexibility index (Phi) is 6.73. The lowest BCUT2D eigenvalue weighted by Gasteiger charge is -2.25. The standard InChI is InChI=1S/C24H25N3O5/c1-14-6-4-7-15(2)21(14)17-9-5-8-16(12-17)18(13-20(29)30)25-24(32)26-22-19(28)10-11-27(3)23(22)31/h4-12,18,22H,13H2,1-3H3,(H,29,30)(H2,25,26,32). The zero-order valence-electron chi connectivity index (χ0n) is 18.1. The molecule has 0 spiro atoms. The largest absolute Gasteiger partial charge is 0.481 e. The van der Waals surface area contributed by atoms with Crippen molar-refractivity contribution in [3.8, 4) is 11.1 Å². The number of benzene rings is 2. The van der Waals surface area contributed by atoms with E-state index in [1.807, 2.05) is 44.2 Å². The van der Waals surface area contributed by atoms with Crippen LogP contribution in [-0.2, 0) is 14.4 Å². The number of ketones is 1. The summed E-state index contributed by atoms with van der Waals surface area (Å²) in [5.74, 6) is -2.21. The van der Waals surface area contributed by atoms with Crippen molar-refractivity contribution in [3.63, 3.8) is 0 Å². The molecule has 32 heavy (non-hydrogen) atoms. The Bertz CT molecular complexity index is 1090. The van der Waals surface area contributed by atoms with Crippen LogP contribution < -0.4 is 10.6 Å². The van der Waals surface area contributed by atoms with E-state index in [4.69, 9.17) is 0 Å². The van der Waals surface area contributed by atoms with E-state index in [-0.39, 0.29) is 6.42 Å². The molecule has 0 aromatic heterocycles. The summed E-state index contributed by atoms with van der Waals surface area (Å²) in [7, 11) is 1.48. The second kappa shape index (κ2) is 9.47. The molecule has 1 aliphatic rings. The number of hydrogen-bond donors (Lipinski definition) is 3. The van der Waals surface area contributed by atoms with E-state index in [0.29, 0.717) is 5.56 Å². The molecule has 2 aromatic carbocycles. The number of carbonyl (C=O) groups is 4. The van der Waals surface area contributed by atoms with Crippen molar-refractivity contribution in [1.29, 1.82) is 0 Å². The maximum atomic E-state index is 12.6. The number of amides is 3. The van der Waals surface area contributed by atoms with Crippen LogP contribution in [0.4, 0.5) is 4.79 Å². The number of aryl methyl sites for hydroxylation is 2. The van der Waals surface area contributed by atoms with Gasteiger partial charge >= 0.3 is 12.0 Å². The van der Waals surface area contributed by atoms with E-state index in [9.17, 15) is 24.3 Å². The molecule has 0 fully saturated rings. The van der Waals surface area contributed by atoms with Crippen molar-refractivity contribution in [3.05, 3.63) is 71.4 Å². The lowest BCUT2D eigenvalue weighted by molar-refractivity contribution is -0.138. The molecule has 3 N–H and O–H groups in total. The molecule has 2 aromatic rings. The number of nitrogens with one attached hydrogen (secondary N) is 2. The predicted molar refractivity (Wildman–Crippen MR) is 119 cm³/mol. The van der Waals surface area contributed by atoms with Crippen LogP contribution >= 0.6 is 0 Å². The molecular formula is C24H25N3O5. The number of carboxylic acid groups (broad SMARTS) is 1. The average molecular weight is 435 g/mol. The fourth-order valence-electron chi connectivity index (χ4n) is 3.75. The van der Waals surface area contributed by atoms with Gasteiger partial charge in [-0.2, -0.15) is 0 Å². The minimum Gasteiger partial charge on any atom is -0.481 e. The molecule has 0 saturated carbocycles. The Hall–Kier alpha value is -3.94. The van der Waals surface area contributed by atoms with E-state index in [1.54, 1.807) is 12.1 Å². The van der Waals surface area contributed by atoms with Crippen molar-refractivity contribution >= 4 is 23.7 Å². The van der Waals surface area contributed by atoms with Gasteiger partial charge in [-0.25, -0.2) is 4.79 Å². The summed E-state index contributed by atoms with van der Waals surface area (Å²) >= 11 is 0. The van der Waals surface area contributed by atoms with Crippen LogP contribution in [0.3, 0.4) is 0 Å². The molecule has 0 aliphatic carbocycles. The quantitative estimate of drug-likeness (QED) is 0.604. The highest BCUT2D eigenvalue weighted by atomic mass is 16.4. The first-order valence-corrected chi connectivity index (χ1v) is 10.1. The number of aliphatic carboxylic acids is 1. The molecule has 2 unspecified atom stereocenters.